The summed E-state index contributed by atoms with van der Waals surface area (Å²) in [4.78, 5) is 35.2. The summed E-state index contributed by atoms with van der Waals surface area (Å²) in [6.07, 6.45) is 6.14. The normalized spacial score (nSPS) is 17.6. The van der Waals surface area contributed by atoms with Crippen LogP contribution in [0.3, 0.4) is 0 Å². The van der Waals surface area contributed by atoms with Crippen LogP contribution in [0.5, 0.6) is 0 Å². The van der Waals surface area contributed by atoms with E-state index < -0.39 is 5.97 Å². The standard InChI is InChI=1S/C21H23N3O3/c1-15(25)17-13-22-18(20(26)27-14-16-5-3-2-4-6-16)19(23-17)24-11-9-21(7-8-21)10-12-24/h2-6,13H,7-12,14H2,1H3. The second kappa shape index (κ2) is 7.10. The molecule has 1 spiro atoms. The molecule has 0 radical (unpaired) electrons. The highest BCUT2D eigenvalue weighted by atomic mass is 16.5. The molecule has 2 fully saturated rings. The second-order valence-corrected chi connectivity index (χ2v) is 7.53. The first-order valence-corrected chi connectivity index (χ1v) is 9.40. The maximum atomic E-state index is 12.7. The molecule has 4 rings (SSSR count). The van der Waals surface area contributed by atoms with Gasteiger partial charge in [0.05, 0.1) is 6.20 Å². The van der Waals surface area contributed by atoms with Crippen LogP contribution in [-0.2, 0) is 11.3 Å². The Balaban J connectivity index is 1.55. The maximum absolute atomic E-state index is 12.7. The predicted octanol–water partition coefficient (Wildman–Crippen LogP) is 3.42. The zero-order valence-electron chi connectivity index (χ0n) is 15.5. The molecular weight excluding hydrogens is 342 g/mol. The lowest BCUT2D eigenvalue weighted by atomic mass is 9.93. The van der Waals surface area contributed by atoms with E-state index in [0.717, 1.165) is 31.5 Å². The lowest BCUT2D eigenvalue weighted by Crippen LogP contribution is -2.36. The van der Waals surface area contributed by atoms with Gasteiger partial charge in [-0.25, -0.2) is 14.8 Å². The summed E-state index contributed by atoms with van der Waals surface area (Å²) in [5.41, 5.74) is 1.88. The van der Waals surface area contributed by atoms with Gasteiger partial charge in [-0.1, -0.05) is 30.3 Å². The molecule has 0 N–H and O–H groups in total. The van der Waals surface area contributed by atoms with Crippen molar-refractivity contribution < 1.29 is 14.3 Å². The third kappa shape index (κ3) is 3.84. The predicted molar refractivity (Wildman–Crippen MR) is 101 cm³/mol. The molecule has 1 saturated heterocycles. The lowest BCUT2D eigenvalue weighted by Gasteiger charge is -2.33. The van der Waals surface area contributed by atoms with E-state index in [4.69, 9.17) is 4.74 Å². The number of hydrogen-bond donors (Lipinski definition) is 0. The first kappa shape index (κ1) is 17.6. The van der Waals surface area contributed by atoms with Crippen LogP contribution in [0.4, 0.5) is 5.82 Å². The number of nitrogens with zero attached hydrogens (tertiary/aromatic N) is 3. The van der Waals surface area contributed by atoms with E-state index in [1.165, 1.54) is 26.0 Å². The van der Waals surface area contributed by atoms with E-state index >= 15 is 0 Å². The van der Waals surface area contributed by atoms with Gasteiger partial charge in [-0.2, -0.15) is 0 Å². The summed E-state index contributed by atoms with van der Waals surface area (Å²) in [7, 11) is 0. The van der Waals surface area contributed by atoms with Gasteiger partial charge in [0.15, 0.2) is 17.3 Å². The molecule has 2 aromatic rings. The summed E-state index contributed by atoms with van der Waals surface area (Å²) in [6, 6.07) is 9.52. The van der Waals surface area contributed by atoms with Crippen LogP contribution in [0.1, 0.15) is 59.1 Å². The Morgan fingerprint density at radius 1 is 1.11 bits per heavy atom. The van der Waals surface area contributed by atoms with Crippen LogP contribution < -0.4 is 4.90 Å². The maximum Gasteiger partial charge on any atom is 0.361 e. The van der Waals surface area contributed by atoms with Gasteiger partial charge < -0.3 is 9.64 Å². The fourth-order valence-electron chi connectivity index (χ4n) is 3.57. The van der Waals surface area contributed by atoms with Crippen molar-refractivity contribution in [1.82, 2.24) is 9.97 Å². The van der Waals surface area contributed by atoms with Crippen molar-refractivity contribution in [2.45, 2.75) is 39.2 Å². The molecule has 1 aliphatic heterocycles. The molecule has 1 saturated carbocycles. The van der Waals surface area contributed by atoms with Gasteiger partial charge in [-0.3, -0.25) is 4.79 Å². The number of ether oxygens (including phenoxy) is 1. The second-order valence-electron chi connectivity index (χ2n) is 7.53. The monoisotopic (exact) mass is 365 g/mol. The molecule has 0 atom stereocenters. The Morgan fingerprint density at radius 2 is 1.81 bits per heavy atom. The highest BCUT2D eigenvalue weighted by Crippen LogP contribution is 2.53. The van der Waals surface area contributed by atoms with E-state index in [-0.39, 0.29) is 23.8 Å². The van der Waals surface area contributed by atoms with Gasteiger partial charge in [0, 0.05) is 20.0 Å². The molecule has 1 aromatic heterocycles. The Hall–Kier alpha value is -2.76. The van der Waals surface area contributed by atoms with Gasteiger partial charge in [0.1, 0.15) is 12.3 Å². The number of rotatable bonds is 5. The average molecular weight is 365 g/mol. The van der Waals surface area contributed by atoms with Crippen molar-refractivity contribution >= 4 is 17.6 Å². The Morgan fingerprint density at radius 3 is 2.44 bits per heavy atom. The molecule has 27 heavy (non-hydrogen) atoms. The zero-order chi connectivity index (χ0) is 18.9. The number of aromatic nitrogens is 2. The van der Waals surface area contributed by atoms with Gasteiger partial charge in [0.2, 0.25) is 0 Å². The minimum absolute atomic E-state index is 0.163. The molecule has 6 nitrogen and oxygen atoms in total. The SMILES string of the molecule is CC(=O)c1cnc(C(=O)OCc2ccccc2)c(N2CCC3(CC2)CC3)n1. The molecule has 0 bridgehead atoms. The van der Waals surface area contributed by atoms with E-state index in [2.05, 4.69) is 14.9 Å². The minimum Gasteiger partial charge on any atom is -0.456 e. The van der Waals surface area contributed by atoms with E-state index in [9.17, 15) is 9.59 Å². The quantitative estimate of drug-likeness (QED) is 0.597. The van der Waals surface area contributed by atoms with Crippen molar-refractivity contribution in [3.8, 4) is 0 Å². The van der Waals surface area contributed by atoms with E-state index in [0.29, 0.717) is 11.2 Å². The zero-order valence-corrected chi connectivity index (χ0v) is 15.5. The van der Waals surface area contributed by atoms with Crippen LogP contribution in [0, 0.1) is 5.41 Å². The molecule has 2 aliphatic rings. The number of ketones is 1. The molecule has 2 heterocycles. The van der Waals surface area contributed by atoms with Crippen molar-refractivity contribution in [1.29, 1.82) is 0 Å². The van der Waals surface area contributed by atoms with E-state index in [1.54, 1.807) is 0 Å². The number of piperidine rings is 1. The summed E-state index contributed by atoms with van der Waals surface area (Å²) < 4.78 is 5.45. The Bertz CT molecular complexity index is 852. The van der Waals surface area contributed by atoms with Crippen molar-refractivity contribution in [2.24, 2.45) is 5.41 Å². The summed E-state index contributed by atoms with van der Waals surface area (Å²) in [6.45, 7) is 3.29. The van der Waals surface area contributed by atoms with Crippen LogP contribution >= 0.6 is 0 Å². The lowest BCUT2D eigenvalue weighted by molar-refractivity contribution is 0.0465. The molecule has 1 aliphatic carbocycles. The number of hydrogen-bond acceptors (Lipinski definition) is 6. The summed E-state index contributed by atoms with van der Waals surface area (Å²) in [5.74, 6) is -0.206. The molecule has 0 unspecified atom stereocenters. The van der Waals surface area contributed by atoms with Crippen LogP contribution in [-0.4, -0.2) is 34.8 Å². The summed E-state index contributed by atoms with van der Waals surface area (Å²) in [5, 5.41) is 0. The van der Waals surface area contributed by atoms with Gasteiger partial charge in [-0.15, -0.1) is 0 Å². The molecular formula is C21H23N3O3. The van der Waals surface area contributed by atoms with Crippen LogP contribution in [0.25, 0.3) is 0 Å². The Kier molecular flexibility index (Phi) is 4.64. The average Bonchev–Trinajstić information content (AvgIpc) is 3.46. The van der Waals surface area contributed by atoms with Crippen molar-refractivity contribution in [3.05, 3.63) is 53.5 Å². The first-order chi connectivity index (χ1) is 13.1. The Labute approximate surface area is 158 Å². The number of benzene rings is 1. The van der Waals surface area contributed by atoms with Gasteiger partial charge >= 0.3 is 5.97 Å². The summed E-state index contributed by atoms with van der Waals surface area (Å²) >= 11 is 0. The smallest absolute Gasteiger partial charge is 0.361 e. The first-order valence-electron chi connectivity index (χ1n) is 9.40. The number of Topliss-reactive ketones (excluding diaryl/α,β-unsaturated/α-hetero) is 1. The number of esters is 1. The highest BCUT2D eigenvalue weighted by Gasteiger charge is 2.45. The number of anilines is 1. The third-order valence-electron chi connectivity index (χ3n) is 5.60. The minimum atomic E-state index is -0.511. The number of carbonyl (C=O) groups is 2. The molecule has 1 aromatic carbocycles. The fourth-order valence-corrected chi connectivity index (χ4v) is 3.57. The molecule has 6 heteroatoms. The largest absolute Gasteiger partial charge is 0.456 e. The number of carbonyl (C=O) groups excluding carboxylic acids is 2. The van der Waals surface area contributed by atoms with Gasteiger partial charge in [0.25, 0.3) is 0 Å². The van der Waals surface area contributed by atoms with Crippen LogP contribution in [0.15, 0.2) is 36.5 Å². The fraction of sp³-hybridized carbons (Fsp3) is 0.429. The molecule has 140 valence electrons. The highest BCUT2D eigenvalue weighted by molar-refractivity contribution is 5.96. The topological polar surface area (TPSA) is 72.4 Å². The van der Waals surface area contributed by atoms with Crippen LogP contribution in [0.2, 0.25) is 0 Å². The van der Waals surface area contributed by atoms with E-state index in [1.807, 2.05) is 30.3 Å². The van der Waals surface area contributed by atoms with Crippen molar-refractivity contribution in [3.63, 3.8) is 0 Å². The third-order valence-corrected chi connectivity index (χ3v) is 5.60. The molecule has 0 amide bonds. The van der Waals surface area contributed by atoms with Gasteiger partial charge in [-0.05, 0) is 36.7 Å². The van der Waals surface area contributed by atoms with Crippen molar-refractivity contribution in [2.75, 3.05) is 18.0 Å².